The fourth-order valence-corrected chi connectivity index (χ4v) is 3.34. The number of hydrogen-bond donors (Lipinski definition) is 1. The Labute approximate surface area is 171 Å². The molecule has 0 saturated heterocycles. The summed E-state index contributed by atoms with van der Waals surface area (Å²) in [6.45, 7) is -0.287. The molecule has 0 unspecified atom stereocenters. The van der Waals surface area contributed by atoms with Gasteiger partial charge in [-0.25, -0.2) is 9.49 Å². The molecule has 7 nitrogen and oxygen atoms in total. The minimum Gasteiger partial charge on any atom is -0.455 e. The van der Waals surface area contributed by atoms with E-state index in [-0.39, 0.29) is 36.3 Å². The Bertz CT molecular complexity index is 1160. The van der Waals surface area contributed by atoms with Crippen molar-refractivity contribution in [3.8, 4) is 0 Å². The number of benzene rings is 2. The fraction of sp³-hybridized carbons (Fsp3) is 0.273. The van der Waals surface area contributed by atoms with Gasteiger partial charge in [-0.2, -0.15) is 5.10 Å². The van der Waals surface area contributed by atoms with Crippen LogP contribution in [-0.2, 0) is 27.3 Å². The molecule has 1 N–H and O–H groups in total. The maximum Gasteiger partial charge on any atom is 0.312 e. The van der Waals surface area contributed by atoms with Gasteiger partial charge in [-0.05, 0) is 25.0 Å². The number of amides is 1. The van der Waals surface area contributed by atoms with Crippen molar-refractivity contribution in [3.05, 3.63) is 76.0 Å². The van der Waals surface area contributed by atoms with Crippen molar-refractivity contribution < 1.29 is 18.7 Å². The molecule has 0 radical (unpaired) electrons. The number of halogens is 1. The highest BCUT2D eigenvalue weighted by molar-refractivity contribution is 5.87. The fourth-order valence-electron chi connectivity index (χ4n) is 3.34. The molecule has 1 aliphatic carbocycles. The zero-order valence-corrected chi connectivity index (χ0v) is 16.1. The van der Waals surface area contributed by atoms with E-state index in [4.69, 9.17) is 4.74 Å². The summed E-state index contributed by atoms with van der Waals surface area (Å²) in [5, 5.41) is 7.29. The van der Waals surface area contributed by atoms with E-state index < -0.39 is 12.6 Å². The standard InChI is InChI=1S/C22H20FN3O4/c23-18-8-4-1-5-14(18)12-26(15-9-10-15)20(27)13-30-21(28)11-19-16-6-2-3-7-17(16)22(29)25-24-19/h1-8,15H,9-13H2,(H,25,29). The quantitative estimate of drug-likeness (QED) is 0.605. The van der Waals surface area contributed by atoms with E-state index in [1.807, 2.05) is 0 Å². The third-order valence-electron chi connectivity index (χ3n) is 5.05. The summed E-state index contributed by atoms with van der Waals surface area (Å²) in [7, 11) is 0. The van der Waals surface area contributed by atoms with Gasteiger partial charge >= 0.3 is 5.97 Å². The predicted octanol–water partition coefficient (Wildman–Crippen LogP) is 2.34. The second-order valence-electron chi connectivity index (χ2n) is 7.23. The van der Waals surface area contributed by atoms with Crippen LogP contribution in [0, 0.1) is 5.82 Å². The molecule has 1 saturated carbocycles. The Morgan fingerprint density at radius 3 is 2.53 bits per heavy atom. The van der Waals surface area contributed by atoms with Crippen LogP contribution in [0.2, 0.25) is 0 Å². The molecule has 154 valence electrons. The number of esters is 1. The first-order valence-electron chi connectivity index (χ1n) is 9.67. The van der Waals surface area contributed by atoms with Gasteiger partial charge in [0.1, 0.15) is 5.82 Å². The average Bonchev–Trinajstić information content (AvgIpc) is 3.59. The third-order valence-corrected chi connectivity index (χ3v) is 5.05. The topological polar surface area (TPSA) is 92.4 Å². The van der Waals surface area contributed by atoms with Gasteiger partial charge in [0.2, 0.25) is 0 Å². The second kappa shape index (κ2) is 8.44. The summed E-state index contributed by atoms with van der Waals surface area (Å²) in [6.07, 6.45) is 1.52. The lowest BCUT2D eigenvalue weighted by molar-refractivity contribution is -0.152. The van der Waals surface area contributed by atoms with Crippen LogP contribution < -0.4 is 5.56 Å². The Morgan fingerprint density at radius 2 is 1.80 bits per heavy atom. The minimum atomic E-state index is -0.630. The zero-order valence-electron chi connectivity index (χ0n) is 16.1. The first kappa shape index (κ1) is 19.8. The van der Waals surface area contributed by atoms with Gasteiger partial charge in [0, 0.05) is 23.5 Å². The first-order valence-corrected chi connectivity index (χ1v) is 9.67. The van der Waals surface area contributed by atoms with Crippen molar-refractivity contribution >= 4 is 22.6 Å². The maximum atomic E-state index is 14.0. The summed E-state index contributed by atoms with van der Waals surface area (Å²) in [5.41, 5.74) is 0.451. The van der Waals surface area contributed by atoms with Crippen molar-refractivity contribution in [2.24, 2.45) is 0 Å². The van der Waals surface area contributed by atoms with Gasteiger partial charge in [0.15, 0.2) is 6.61 Å². The highest BCUT2D eigenvalue weighted by atomic mass is 19.1. The molecule has 1 aliphatic rings. The molecule has 1 fully saturated rings. The molecule has 0 atom stereocenters. The van der Waals surface area contributed by atoms with Gasteiger partial charge < -0.3 is 9.64 Å². The number of nitrogens with one attached hydrogen (secondary N) is 1. The first-order chi connectivity index (χ1) is 14.5. The van der Waals surface area contributed by atoms with Gasteiger partial charge in [0.05, 0.1) is 17.5 Å². The van der Waals surface area contributed by atoms with Crippen LogP contribution in [0.25, 0.3) is 10.8 Å². The average molecular weight is 409 g/mol. The van der Waals surface area contributed by atoms with E-state index in [2.05, 4.69) is 10.2 Å². The van der Waals surface area contributed by atoms with Gasteiger partial charge in [0.25, 0.3) is 11.5 Å². The predicted molar refractivity (Wildman–Crippen MR) is 107 cm³/mol. The van der Waals surface area contributed by atoms with Gasteiger partial charge in [-0.15, -0.1) is 0 Å². The van der Waals surface area contributed by atoms with Crippen LogP contribution in [0.5, 0.6) is 0 Å². The highest BCUT2D eigenvalue weighted by Gasteiger charge is 2.33. The zero-order chi connectivity index (χ0) is 21.1. The van der Waals surface area contributed by atoms with Crippen LogP contribution in [-0.4, -0.2) is 39.6 Å². The summed E-state index contributed by atoms with van der Waals surface area (Å²) in [5.74, 6) is -1.37. The molecule has 30 heavy (non-hydrogen) atoms. The van der Waals surface area contributed by atoms with E-state index >= 15 is 0 Å². The lowest BCUT2D eigenvalue weighted by Gasteiger charge is -2.22. The maximum absolute atomic E-state index is 14.0. The van der Waals surface area contributed by atoms with Crippen LogP contribution in [0.1, 0.15) is 24.1 Å². The van der Waals surface area contributed by atoms with Crippen molar-refractivity contribution in [2.45, 2.75) is 31.8 Å². The molecule has 1 amide bonds. The molecule has 2 aromatic carbocycles. The number of aromatic nitrogens is 2. The Morgan fingerprint density at radius 1 is 1.10 bits per heavy atom. The minimum absolute atomic E-state index is 0.0422. The third kappa shape index (κ3) is 4.37. The number of ether oxygens (including phenoxy) is 1. The molecule has 0 spiro atoms. The molecule has 1 heterocycles. The normalized spacial score (nSPS) is 13.2. The number of nitrogens with zero attached hydrogens (tertiary/aromatic N) is 2. The molecule has 3 aromatic rings. The number of carbonyl (C=O) groups excluding carboxylic acids is 2. The number of fused-ring (bicyclic) bond motifs is 1. The number of rotatable bonds is 7. The largest absolute Gasteiger partial charge is 0.455 e. The smallest absolute Gasteiger partial charge is 0.312 e. The SMILES string of the molecule is O=C(Cc1n[nH]c(=O)c2ccccc12)OCC(=O)N(Cc1ccccc1F)C1CC1. The molecule has 0 bridgehead atoms. The number of carbonyl (C=O) groups is 2. The Balaban J connectivity index is 1.39. The monoisotopic (exact) mass is 409 g/mol. The molecule has 0 aliphatic heterocycles. The van der Waals surface area contributed by atoms with Gasteiger partial charge in [-0.1, -0.05) is 36.4 Å². The molecular weight excluding hydrogens is 389 g/mol. The van der Waals surface area contributed by atoms with E-state index in [1.54, 1.807) is 47.4 Å². The molecule has 8 heteroatoms. The van der Waals surface area contributed by atoms with E-state index in [9.17, 15) is 18.8 Å². The lowest BCUT2D eigenvalue weighted by Crippen LogP contribution is -2.36. The number of aromatic amines is 1. The summed E-state index contributed by atoms with van der Waals surface area (Å²) in [4.78, 5) is 38.3. The van der Waals surface area contributed by atoms with Crippen molar-refractivity contribution in [3.63, 3.8) is 0 Å². The van der Waals surface area contributed by atoms with Crippen LogP contribution in [0.4, 0.5) is 4.39 Å². The summed E-state index contributed by atoms with van der Waals surface area (Å²) >= 11 is 0. The summed E-state index contributed by atoms with van der Waals surface area (Å²) in [6, 6.07) is 13.2. The Hall–Kier alpha value is -3.55. The number of H-pyrrole nitrogens is 1. The molecule has 1 aromatic heterocycles. The van der Waals surface area contributed by atoms with Gasteiger partial charge in [-0.3, -0.25) is 14.4 Å². The molecule has 4 rings (SSSR count). The van der Waals surface area contributed by atoms with E-state index in [0.717, 1.165) is 12.8 Å². The van der Waals surface area contributed by atoms with Crippen LogP contribution >= 0.6 is 0 Å². The van der Waals surface area contributed by atoms with Crippen molar-refractivity contribution in [1.82, 2.24) is 15.1 Å². The van der Waals surface area contributed by atoms with E-state index in [1.165, 1.54) is 6.07 Å². The summed E-state index contributed by atoms with van der Waals surface area (Å²) < 4.78 is 19.1. The lowest BCUT2D eigenvalue weighted by atomic mass is 10.1. The highest BCUT2D eigenvalue weighted by Crippen LogP contribution is 2.29. The van der Waals surface area contributed by atoms with Crippen molar-refractivity contribution in [1.29, 1.82) is 0 Å². The van der Waals surface area contributed by atoms with Crippen LogP contribution in [0.15, 0.2) is 53.3 Å². The van der Waals surface area contributed by atoms with E-state index in [0.29, 0.717) is 22.0 Å². The van der Waals surface area contributed by atoms with Crippen LogP contribution in [0.3, 0.4) is 0 Å². The number of hydrogen-bond acceptors (Lipinski definition) is 5. The second-order valence-corrected chi connectivity index (χ2v) is 7.23. The molecular formula is C22H20FN3O4. The van der Waals surface area contributed by atoms with Crippen molar-refractivity contribution in [2.75, 3.05) is 6.61 Å². The Kier molecular flexibility index (Phi) is 5.56.